The number of likely N-dealkylation sites (tertiary alicyclic amines) is 2. The van der Waals surface area contributed by atoms with Crippen molar-refractivity contribution in [3.8, 4) is 23.0 Å². The molecule has 2 heterocycles. The van der Waals surface area contributed by atoms with Crippen LogP contribution in [0.15, 0.2) is 194 Å². The molecule has 2 fully saturated rings. The summed E-state index contributed by atoms with van der Waals surface area (Å²) in [7, 11) is 0. The van der Waals surface area contributed by atoms with Crippen molar-refractivity contribution in [2.75, 3.05) is 13.1 Å². The van der Waals surface area contributed by atoms with E-state index >= 15 is 19.2 Å². The number of phenolic OH excluding ortho intramolecular Hbond substituents is 4. The topological polar surface area (TPSA) is 156 Å². The predicted octanol–water partition coefficient (Wildman–Crippen LogP) is 11.2. The van der Waals surface area contributed by atoms with E-state index in [0.29, 0.717) is 25.7 Å². The molecule has 81 heavy (non-hydrogen) atoms. The van der Waals surface area contributed by atoms with Crippen LogP contribution in [0.4, 0.5) is 0 Å². The number of imide groups is 2. The molecular weight excluding hydrogens is 1010 g/mol. The molecule has 10 heteroatoms. The van der Waals surface area contributed by atoms with Gasteiger partial charge in [-0.05, 0) is 152 Å². The van der Waals surface area contributed by atoms with Crippen LogP contribution in [0, 0.1) is 35.0 Å². The minimum atomic E-state index is -1.07. The lowest BCUT2D eigenvalue weighted by atomic mass is 9.39. The number of aromatic hydroxyl groups is 4. The lowest BCUT2D eigenvalue weighted by Gasteiger charge is -2.60. The van der Waals surface area contributed by atoms with Gasteiger partial charge in [0.15, 0.2) is 0 Å². The number of benzene rings is 8. The fourth-order valence-electron chi connectivity index (χ4n) is 17.3. The first-order valence-electron chi connectivity index (χ1n) is 28.3. The van der Waals surface area contributed by atoms with Gasteiger partial charge < -0.3 is 20.4 Å². The summed E-state index contributed by atoms with van der Waals surface area (Å²) in [5, 5.41) is 42.1. The zero-order valence-corrected chi connectivity index (χ0v) is 45.4. The molecule has 5 unspecified atom stereocenters. The van der Waals surface area contributed by atoms with Gasteiger partial charge in [0.2, 0.25) is 23.6 Å². The van der Waals surface area contributed by atoms with Gasteiger partial charge in [0.25, 0.3) is 0 Å². The Hall–Kier alpha value is -8.76. The third-order valence-corrected chi connectivity index (χ3v) is 19.9. The Morgan fingerprint density at radius 2 is 0.704 bits per heavy atom. The number of hydrogen-bond acceptors (Lipinski definition) is 8. The Kier molecular flexibility index (Phi) is 11.1. The van der Waals surface area contributed by atoms with Crippen molar-refractivity contribution in [1.82, 2.24) is 9.80 Å². The summed E-state index contributed by atoms with van der Waals surface area (Å²) in [4.78, 5) is 66.5. The predicted molar refractivity (Wildman–Crippen MR) is 307 cm³/mol. The molecule has 0 aromatic heterocycles. The van der Waals surface area contributed by atoms with E-state index in [1.165, 1.54) is 9.80 Å². The summed E-state index contributed by atoms with van der Waals surface area (Å²) in [6.07, 6.45) is 1.87. The van der Waals surface area contributed by atoms with E-state index in [2.05, 4.69) is 69.3 Å². The molecule has 16 rings (SSSR count). The average molecular weight is 1070 g/mol. The van der Waals surface area contributed by atoms with Crippen LogP contribution in [0.3, 0.4) is 0 Å². The van der Waals surface area contributed by atoms with Crippen molar-refractivity contribution < 1.29 is 39.6 Å². The van der Waals surface area contributed by atoms with E-state index in [1.54, 1.807) is 48.5 Å². The molecular formula is C71H62N2O8. The summed E-state index contributed by atoms with van der Waals surface area (Å²) in [5.41, 5.74) is 6.58. The highest BCUT2D eigenvalue weighted by atomic mass is 16.3. The Morgan fingerprint density at radius 3 is 1.06 bits per heavy atom. The van der Waals surface area contributed by atoms with Gasteiger partial charge in [-0.2, -0.15) is 0 Å². The largest absolute Gasteiger partial charge is 0.508 e. The standard InChI is InChI=1S/C71H62N2O8/c1-42(36-37-72-63(78)59-61(65(72)80)70(45-24-32-49(76)33-25-45)55-16-8-4-12-51(55)68(59,52-13-5-9-17-56(52)70)39-43-20-28-47(74)29-21-43)38-67(2,3)41-73-64(79)60-62(66(73)81)71(46-26-34-50(77)35-27-46)57-18-10-6-14-53(57)69(60,54-15-7-11-19-58(54)71)40-44-22-30-48(75)31-23-44/h4-35,42,59-62,74-77H,36-41H2,1-3H3. The van der Waals surface area contributed by atoms with Gasteiger partial charge >= 0.3 is 0 Å². The van der Waals surface area contributed by atoms with Crippen LogP contribution in [-0.2, 0) is 53.7 Å². The first kappa shape index (κ1) is 50.5. The fourth-order valence-corrected chi connectivity index (χ4v) is 17.3. The summed E-state index contributed by atoms with van der Waals surface area (Å²) in [5.74, 6) is -3.73. The van der Waals surface area contributed by atoms with Crippen molar-refractivity contribution in [2.24, 2.45) is 35.0 Å². The summed E-state index contributed by atoms with van der Waals surface area (Å²) < 4.78 is 0. The molecule has 6 aliphatic carbocycles. The van der Waals surface area contributed by atoms with Crippen LogP contribution < -0.4 is 0 Å². The minimum absolute atomic E-state index is 0.0599. The summed E-state index contributed by atoms with van der Waals surface area (Å²) in [6, 6.07) is 61.3. The summed E-state index contributed by atoms with van der Waals surface area (Å²) in [6.45, 7) is 6.62. The van der Waals surface area contributed by atoms with E-state index in [9.17, 15) is 20.4 Å². The van der Waals surface area contributed by atoms with Crippen LogP contribution in [0.1, 0.15) is 100 Å². The van der Waals surface area contributed by atoms with E-state index < -0.39 is 50.7 Å². The lowest BCUT2D eigenvalue weighted by molar-refractivity contribution is -0.143. The number of carbonyl (C=O) groups excluding carboxylic acids is 4. The molecule has 4 bridgehead atoms. The third kappa shape index (κ3) is 6.79. The van der Waals surface area contributed by atoms with E-state index in [1.807, 2.05) is 97.1 Å². The molecule has 404 valence electrons. The fraction of sp³-hybridized carbons (Fsp3) is 0.268. The Morgan fingerprint density at radius 1 is 0.407 bits per heavy atom. The van der Waals surface area contributed by atoms with Crippen molar-refractivity contribution in [2.45, 2.75) is 68.1 Å². The van der Waals surface area contributed by atoms with E-state index in [4.69, 9.17) is 0 Å². The van der Waals surface area contributed by atoms with Gasteiger partial charge in [0.1, 0.15) is 23.0 Å². The molecule has 4 amide bonds. The second-order valence-electron chi connectivity index (χ2n) is 24.8. The maximum atomic E-state index is 15.9. The Labute approximate surface area is 471 Å². The normalized spacial score (nSPS) is 26.7. The number of rotatable bonds is 13. The molecule has 8 aromatic carbocycles. The van der Waals surface area contributed by atoms with Crippen LogP contribution in [0.25, 0.3) is 0 Å². The van der Waals surface area contributed by atoms with Crippen LogP contribution in [-0.4, -0.2) is 66.9 Å². The molecule has 2 aliphatic heterocycles. The minimum Gasteiger partial charge on any atom is -0.508 e. The van der Waals surface area contributed by atoms with Gasteiger partial charge in [-0.25, -0.2) is 0 Å². The number of hydrogen-bond donors (Lipinski definition) is 4. The van der Waals surface area contributed by atoms with Gasteiger partial charge in [0, 0.05) is 23.9 Å². The van der Waals surface area contributed by atoms with Gasteiger partial charge in [-0.1, -0.05) is 166 Å². The molecule has 0 saturated carbocycles. The van der Waals surface area contributed by atoms with Gasteiger partial charge in [-0.15, -0.1) is 0 Å². The molecule has 8 aliphatic rings. The van der Waals surface area contributed by atoms with Crippen molar-refractivity contribution >= 4 is 23.6 Å². The molecule has 8 aromatic rings. The highest BCUT2D eigenvalue weighted by Crippen LogP contribution is 2.71. The SMILES string of the molecule is CC(CCN1C(=O)C2C(C1=O)C1(c3ccc(O)cc3)c3ccccc3C2(Cc2ccc(O)cc2)c2ccccc21)CC(C)(C)CN1C(=O)C2C(C1=O)C1(c3ccc(O)cc3)c3ccccc3C2(Cc2ccc(O)cc2)c2ccccc21. The maximum Gasteiger partial charge on any atom is 0.234 e. The number of nitrogens with zero attached hydrogens (tertiary/aromatic N) is 2. The van der Waals surface area contributed by atoms with E-state index in [0.717, 1.165) is 66.8 Å². The van der Waals surface area contributed by atoms with Crippen molar-refractivity contribution in [3.63, 3.8) is 0 Å². The second kappa shape index (κ2) is 17.9. The third-order valence-electron chi connectivity index (χ3n) is 19.9. The molecule has 5 atom stereocenters. The lowest BCUT2D eigenvalue weighted by Crippen LogP contribution is -2.62. The quantitative estimate of drug-likeness (QED) is 0.0832. The smallest absolute Gasteiger partial charge is 0.234 e. The van der Waals surface area contributed by atoms with Gasteiger partial charge in [0.05, 0.1) is 34.5 Å². The summed E-state index contributed by atoms with van der Waals surface area (Å²) >= 11 is 0. The van der Waals surface area contributed by atoms with Crippen LogP contribution >= 0.6 is 0 Å². The first-order valence-corrected chi connectivity index (χ1v) is 28.3. The molecule has 10 nitrogen and oxygen atoms in total. The molecule has 2 saturated heterocycles. The highest BCUT2D eigenvalue weighted by molar-refractivity contribution is 6.11. The van der Waals surface area contributed by atoms with Crippen LogP contribution in [0.5, 0.6) is 23.0 Å². The Bertz CT molecular complexity index is 3810. The van der Waals surface area contributed by atoms with Crippen molar-refractivity contribution in [3.05, 3.63) is 261 Å². The zero-order valence-electron chi connectivity index (χ0n) is 45.4. The zero-order chi connectivity index (χ0) is 56.0. The number of amides is 4. The average Bonchev–Trinajstić information content (AvgIpc) is 2.00. The van der Waals surface area contributed by atoms with E-state index in [-0.39, 0.29) is 65.6 Å². The molecule has 0 spiro atoms. The molecule has 0 radical (unpaired) electrons. The highest BCUT2D eigenvalue weighted by Gasteiger charge is 2.75. The second-order valence-corrected chi connectivity index (χ2v) is 24.8. The van der Waals surface area contributed by atoms with Crippen LogP contribution in [0.2, 0.25) is 0 Å². The number of phenols is 4. The van der Waals surface area contributed by atoms with Crippen molar-refractivity contribution in [1.29, 1.82) is 0 Å². The maximum absolute atomic E-state index is 15.9. The first-order chi connectivity index (χ1) is 39.1. The molecule has 4 N–H and O–H groups in total. The monoisotopic (exact) mass is 1070 g/mol. The Balaban J connectivity index is 0.800. The van der Waals surface area contributed by atoms with Gasteiger partial charge in [-0.3, -0.25) is 29.0 Å². The number of carbonyl (C=O) groups is 4.